The maximum atomic E-state index is 14.6. The molecule has 2 aromatic carbocycles. The number of carbonyl (C=O) groups excluding carboxylic acids is 3. The molecule has 0 saturated heterocycles. The van der Waals surface area contributed by atoms with Gasteiger partial charge in [0.2, 0.25) is 11.8 Å². The number of carbonyl (C=O) groups is 3. The average molecular weight is 469 g/mol. The van der Waals surface area contributed by atoms with Crippen molar-refractivity contribution in [3.8, 4) is 11.8 Å². The standard InChI is InChI=1S/C23H20FN3O5S/c1-31-14-9-7-13(8-10-14)26-18(28)12-33-22-16(11-25)19(15-5-3-4-6-17(15)24)20(21(29)27-22)23(30)32-2/h3-10,19-20H,12H2,1-2H3,(H,26,28)(H,27,29)/t19-,20+/m0/s1. The summed E-state index contributed by atoms with van der Waals surface area (Å²) in [5.41, 5.74) is 0.524. The molecule has 33 heavy (non-hydrogen) atoms. The van der Waals surface area contributed by atoms with Crippen molar-refractivity contribution >= 4 is 35.2 Å². The summed E-state index contributed by atoms with van der Waals surface area (Å²) < 4.78 is 24.4. The molecule has 170 valence electrons. The Morgan fingerprint density at radius 1 is 1.18 bits per heavy atom. The third-order valence-electron chi connectivity index (χ3n) is 4.95. The fraction of sp³-hybridized carbons (Fsp3) is 0.217. The van der Waals surface area contributed by atoms with E-state index in [1.165, 1.54) is 25.3 Å². The fourth-order valence-corrected chi connectivity index (χ4v) is 4.24. The second kappa shape index (κ2) is 10.7. The molecule has 8 nitrogen and oxygen atoms in total. The van der Waals surface area contributed by atoms with Crippen LogP contribution < -0.4 is 15.4 Å². The third-order valence-corrected chi connectivity index (χ3v) is 5.96. The molecule has 10 heteroatoms. The van der Waals surface area contributed by atoms with Crippen LogP contribution in [0.1, 0.15) is 11.5 Å². The fourth-order valence-electron chi connectivity index (χ4n) is 3.39. The number of benzene rings is 2. The topological polar surface area (TPSA) is 118 Å². The third kappa shape index (κ3) is 5.32. The molecule has 0 aromatic heterocycles. The van der Waals surface area contributed by atoms with Crippen LogP contribution >= 0.6 is 11.8 Å². The highest BCUT2D eigenvalue weighted by Crippen LogP contribution is 2.41. The summed E-state index contributed by atoms with van der Waals surface area (Å²) in [4.78, 5) is 37.5. The normalized spacial score (nSPS) is 17.6. The van der Waals surface area contributed by atoms with Crippen LogP contribution in [-0.4, -0.2) is 37.8 Å². The number of hydrogen-bond donors (Lipinski definition) is 2. The van der Waals surface area contributed by atoms with Gasteiger partial charge in [-0.15, -0.1) is 0 Å². The largest absolute Gasteiger partial charge is 0.497 e. The van der Waals surface area contributed by atoms with Crippen molar-refractivity contribution in [2.75, 3.05) is 25.3 Å². The van der Waals surface area contributed by atoms with E-state index in [1.54, 1.807) is 30.3 Å². The summed E-state index contributed by atoms with van der Waals surface area (Å²) in [6.45, 7) is 0. The molecule has 2 amide bonds. The first kappa shape index (κ1) is 23.8. The predicted octanol–water partition coefficient (Wildman–Crippen LogP) is 2.94. The highest BCUT2D eigenvalue weighted by molar-refractivity contribution is 8.03. The van der Waals surface area contributed by atoms with E-state index in [1.807, 2.05) is 6.07 Å². The van der Waals surface area contributed by atoms with Gasteiger partial charge >= 0.3 is 5.97 Å². The van der Waals surface area contributed by atoms with Gasteiger partial charge in [-0.05, 0) is 35.9 Å². The minimum absolute atomic E-state index is 0.0140. The lowest BCUT2D eigenvalue weighted by Crippen LogP contribution is -2.44. The average Bonchev–Trinajstić information content (AvgIpc) is 2.82. The van der Waals surface area contributed by atoms with Crippen molar-refractivity contribution in [2.24, 2.45) is 5.92 Å². The van der Waals surface area contributed by atoms with Crippen molar-refractivity contribution in [1.29, 1.82) is 5.26 Å². The zero-order valence-corrected chi connectivity index (χ0v) is 18.6. The van der Waals surface area contributed by atoms with Gasteiger partial charge in [0, 0.05) is 11.6 Å². The van der Waals surface area contributed by atoms with Gasteiger partial charge in [-0.1, -0.05) is 30.0 Å². The van der Waals surface area contributed by atoms with E-state index in [0.717, 1.165) is 18.9 Å². The van der Waals surface area contributed by atoms with Gasteiger partial charge in [0.25, 0.3) is 0 Å². The quantitative estimate of drug-likeness (QED) is 0.473. The van der Waals surface area contributed by atoms with Crippen molar-refractivity contribution in [3.63, 3.8) is 0 Å². The summed E-state index contributed by atoms with van der Waals surface area (Å²) in [6.07, 6.45) is 0. The number of nitrogens with one attached hydrogen (secondary N) is 2. The predicted molar refractivity (Wildman–Crippen MR) is 120 cm³/mol. The molecule has 0 spiro atoms. The van der Waals surface area contributed by atoms with E-state index in [4.69, 9.17) is 9.47 Å². The molecule has 0 unspecified atom stereocenters. The first-order valence-electron chi connectivity index (χ1n) is 9.73. The molecule has 0 bridgehead atoms. The van der Waals surface area contributed by atoms with Crippen molar-refractivity contribution in [3.05, 3.63) is 70.5 Å². The van der Waals surface area contributed by atoms with Gasteiger partial charge in [0.1, 0.15) is 17.5 Å². The molecule has 2 N–H and O–H groups in total. The van der Waals surface area contributed by atoms with Crippen LogP contribution in [0.25, 0.3) is 0 Å². The van der Waals surface area contributed by atoms with Crippen LogP contribution in [0.15, 0.2) is 59.1 Å². The van der Waals surface area contributed by atoms with Crippen LogP contribution in [0.4, 0.5) is 10.1 Å². The van der Waals surface area contributed by atoms with E-state index in [-0.39, 0.29) is 27.8 Å². The number of anilines is 1. The Morgan fingerprint density at radius 2 is 1.88 bits per heavy atom. The van der Waals surface area contributed by atoms with E-state index in [2.05, 4.69) is 10.6 Å². The molecule has 1 heterocycles. The lowest BCUT2D eigenvalue weighted by Gasteiger charge is -2.31. The second-order valence-corrected chi connectivity index (χ2v) is 7.89. The molecule has 1 aliphatic rings. The molecular weight excluding hydrogens is 449 g/mol. The highest BCUT2D eigenvalue weighted by atomic mass is 32.2. The smallest absolute Gasteiger partial charge is 0.319 e. The van der Waals surface area contributed by atoms with Crippen LogP contribution in [0.2, 0.25) is 0 Å². The number of hydrogen-bond acceptors (Lipinski definition) is 7. The number of ether oxygens (including phenoxy) is 2. The number of nitrogens with zero attached hydrogens (tertiary/aromatic N) is 1. The molecule has 0 aliphatic carbocycles. The summed E-state index contributed by atoms with van der Waals surface area (Å²) in [5.74, 6) is -4.83. The van der Waals surface area contributed by atoms with Crippen LogP contribution in [0.3, 0.4) is 0 Å². The van der Waals surface area contributed by atoms with Gasteiger partial charge in [0.05, 0.1) is 36.6 Å². The Balaban J connectivity index is 1.87. The zero-order chi connectivity index (χ0) is 24.0. The van der Waals surface area contributed by atoms with Gasteiger partial charge in [0.15, 0.2) is 0 Å². The van der Waals surface area contributed by atoms with E-state index < -0.39 is 29.5 Å². The second-order valence-electron chi connectivity index (χ2n) is 6.91. The maximum Gasteiger partial charge on any atom is 0.319 e. The molecule has 0 radical (unpaired) electrons. The number of esters is 1. The molecule has 1 aliphatic heterocycles. The molecular formula is C23H20FN3O5S. The van der Waals surface area contributed by atoms with Crippen molar-refractivity contribution < 1.29 is 28.2 Å². The van der Waals surface area contributed by atoms with Crippen LogP contribution in [0, 0.1) is 23.1 Å². The van der Waals surface area contributed by atoms with E-state index in [9.17, 15) is 24.0 Å². The Hall–Kier alpha value is -3.84. The van der Waals surface area contributed by atoms with Crippen molar-refractivity contribution in [1.82, 2.24) is 5.32 Å². The number of thioether (sulfide) groups is 1. The van der Waals surface area contributed by atoms with Crippen LogP contribution in [0.5, 0.6) is 5.75 Å². The monoisotopic (exact) mass is 469 g/mol. The first-order chi connectivity index (χ1) is 15.9. The molecule has 0 fully saturated rings. The molecule has 3 rings (SSSR count). The summed E-state index contributed by atoms with van der Waals surface area (Å²) >= 11 is 0.908. The summed E-state index contributed by atoms with van der Waals surface area (Å²) in [6, 6.07) is 14.3. The Morgan fingerprint density at radius 3 is 2.48 bits per heavy atom. The number of rotatable bonds is 7. The molecule has 0 saturated carbocycles. The first-order valence-corrected chi connectivity index (χ1v) is 10.7. The zero-order valence-electron chi connectivity index (χ0n) is 17.8. The Kier molecular flexibility index (Phi) is 7.69. The number of amides is 2. The lowest BCUT2D eigenvalue weighted by atomic mass is 9.78. The van der Waals surface area contributed by atoms with E-state index >= 15 is 0 Å². The number of nitriles is 1. The van der Waals surface area contributed by atoms with Gasteiger partial charge < -0.3 is 20.1 Å². The van der Waals surface area contributed by atoms with Gasteiger partial charge in [-0.3, -0.25) is 14.4 Å². The Bertz CT molecular complexity index is 1140. The maximum absolute atomic E-state index is 14.6. The minimum Gasteiger partial charge on any atom is -0.497 e. The number of halogens is 1. The number of methoxy groups -OCH3 is 2. The molecule has 2 aromatic rings. The van der Waals surface area contributed by atoms with Gasteiger partial charge in [-0.25, -0.2) is 4.39 Å². The summed E-state index contributed by atoms with van der Waals surface area (Å²) in [7, 11) is 2.64. The van der Waals surface area contributed by atoms with Crippen LogP contribution in [-0.2, 0) is 19.1 Å². The minimum atomic E-state index is -1.45. The lowest BCUT2D eigenvalue weighted by molar-refractivity contribution is -0.150. The Labute approximate surface area is 193 Å². The number of allylic oxidation sites excluding steroid dienone is 1. The van der Waals surface area contributed by atoms with Gasteiger partial charge in [-0.2, -0.15) is 5.26 Å². The van der Waals surface area contributed by atoms with Crippen molar-refractivity contribution in [2.45, 2.75) is 5.92 Å². The SMILES string of the molecule is COC(=O)[C@H]1C(=O)NC(SCC(=O)Nc2ccc(OC)cc2)=C(C#N)[C@@H]1c1ccccc1F. The summed E-state index contributed by atoms with van der Waals surface area (Å²) in [5, 5.41) is 15.1. The highest BCUT2D eigenvalue weighted by Gasteiger charge is 2.45. The van der Waals surface area contributed by atoms with E-state index in [0.29, 0.717) is 11.4 Å². The molecule has 2 atom stereocenters.